The predicted molar refractivity (Wildman–Crippen MR) is 10.7 cm³/mol. The Balaban J connectivity index is 0. The van der Waals surface area contributed by atoms with Crippen LogP contribution in [-0.2, 0) is 22.1 Å². The van der Waals surface area contributed by atoms with Crippen LogP contribution in [0.15, 0.2) is 0 Å². The summed E-state index contributed by atoms with van der Waals surface area (Å²) in [5.74, 6) is 0. The predicted octanol–water partition coefficient (Wildman–Crippen LogP) is -0.335. The summed E-state index contributed by atoms with van der Waals surface area (Å²) in [4.78, 5) is 11.2. The molecule has 0 amide bonds. The van der Waals surface area contributed by atoms with Gasteiger partial charge in [0.25, 0.3) is 0 Å². The van der Waals surface area contributed by atoms with Gasteiger partial charge < -0.3 is 0 Å². The minimum atomic E-state index is -1.32. The van der Waals surface area contributed by atoms with Crippen molar-refractivity contribution in [2.45, 2.75) is 0 Å². The van der Waals surface area contributed by atoms with E-state index >= 15 is 0 Å². The van der Waals surface area contributed by atoms with E-state index in [0.29, 0.717) is 0 Å². The normalized spacial score (nSPS) is 5.50. The zero-order chi connectivity index (χ0) is 4.28. The molecule has 1 N–H and O–H groups in total. The Morgan fingerprint density at radius 2 is 2.00 bits per heavy atom. The Bertz CT molecular complexity index is 42.8. The molecule has 1 radical (unpaired) electrons. The number of hydrogen-bond donors (Lipinski definition) is 1. The summed E-state index contributed by atoms with van der Waals surface area (Å²) in [5.41, 5.74) is 0. The molecule has 0 aromatic heterocycles. The van der Waals surface area contributed by atoms with Crippen molar-refractivity contribution in [2.75, 3.05) is 0 Å². The molecule has 0 aliphatic rings. The van der Waals surface area contributed by atoms with Crippen molar-refractivity contribution >= 4 is 0 Å². The van der Waals surface area contributed by atoms with Gasteiger partial charge in [-0.2, -0.15) is 0 Å². The van der Waals surface area contributed by atoms with Crippen LogP contribution in [0, 0.1) is 10.1 Å². The van der Waals surface area contributed by atoms with Crippen molar-refractivity contribution < 1.29 is 32.4 Å². The van der Waals surface area contributed by atoms with Gasteiger partial charge in [-0.15, -0.1) is 15.1 Å². The monoisotopic (exact) mass is 142 g/mol. The minimum absolute atomic E-state index is 0. The van der Waals surface area contributed by atoms with Gasteiger partial charge in [0.15, 0.2) is 0 Å². The standard InChI is InChI=1S/Cu.HNO4/c;2-1(3)5-4/h;4H. The van der Waals surface area contributed by atoms with Crippen molar-refractivity contribution in [2.24, 2.45) is 0 Å². The Kier molecular flexibility index (Phi) is 7.16. The minimum Gasteiger partial charge on any atom is -0.214 e. The summed E-state index contributed by atoms with van der Waals surface area (Å²) >= 11 is 0. The number of rotatable bonds is 1. The zero-order valence-corrected chi connectivity index (χ0v) is 3.36. The van der Waals surface area contributed by atoms with Gasteiger partial charge >= 0.3 is 5.09 Å². The van der Waals surface area contributed by atoms with Crippen LogP contribution >= 0.6 is 0 Å². The maximum absolute atomic E-state index is 8.70. The van der Waals surface area contributed by atoms with Gasteiger partial charge in [-0.25, -0.2) is 5.26 Å². The van der Waals surface area contributed by atoms with E-state index in [1.807, 2.05) is 0 Å². The SMILES string of the molecule is O=[N+]([O-])OO.[Cu]. The van der Waals surface area contributed by atoms with Crippen LogP contribution in [0.25, 0.3) is 0 Å². The summed E-state index contributed by atoms with van der Waals surface area (Å²) in [7, 11) is 0. The van der Waals surface area contributed by atoms with Crippen LogP contribution < -0.4 is 0 Å². The summed E-state index contributed by atoms with van der Waals surface area (Å²) < 4.78 is 0. The summed E-state index contributed by atoms with van der Waals surface area (Å²) in [6, 6.07) is 0. The molecular weight excluding hydrogens is 142 g/mol. The third-order valence-electron chi connectivity index (χ3n) is 0.0667. The van der Waals surface area contributed by atoms with Crippen LogP contribution in [0.2, 0.25) is 0 Å². The molecule has 0 aliphatic carbocycles. The molecule has 0 aromatic carbocycles. The van der Waals surface area contributed by atoms with Crippen molar-refractivity contribution in [1.82, 2.24) is 0 Å². The van der Waals surface area contributed by atoms with Crippen LogP contribution in [0.1, 0.15) is 0 Å². The Morgan fingerprint density at radius 1 is 1.83 bits per heavy atom. The van der Waals surface area contributed by atoms with Crippen LogP contribution in [-0.4, -0.2) is 10.3 Å². The summed E-state index contributed by atoms with van der Waals surface area (Å²) in [5, 5.41) is 14.3. The maximum Gasteiger partial charge on any atom is 0.322 e. The molecular formula is HCuNO4. The smallest absolute Gasteiger partial charge is 0.214 e. The molecule has 5 nitrogen and oxygen atoms in total. The topological polar surface area (TPSA) is 72.6 Å². The van der Waals surface area contributed by atoms with Crippen LogP contribution in [0.3, 0.4) is 0 Å². The van der Waals surface area contributed by atoms with E-state index < -0.39 is 5.09 Å². The van der Waals surface area contributed by atoms with Gasteiger partial charge in [-0.3, -0.25) is 0 Å². The summed E-state index contributed by atoms with van der Waals surface area (Å²) in [6.07, 6.45) is 0. The molecule has 0 saturated carbocycles. The first-order valence-corrected chi connectivity index (χ1v) is 0.730. The third-order valence-corrected chi connectivity index (χ3v) is 0.0667. The van der Waals surface area contributed by atoms with Crippen LogP contribution in [0.5, 0.6) is 0 Å². The fourth-order valence-corrected chi connectivity index (χ4v) is 0. The molecule has 0 fully saturated rings. The second-order valence-corrected chi connectivity index (χ2v) is 0.305. The van der Waals surface area contributed by atoms with Gasteiger partial charge in [0.2, 0.25) is 0 Å². The average Bonchev–Trinajstić information content (AvgIpc) is 1.38. The number of nitrogens with zero attached hydrogens (tertiary/aromatic N) is 1. The molecule has 0 aliphatic heterocycles. The summed E-state index contributed by atoms with van der Waals surface area (Å²) in [6.45, 7) is 0. The van der Waals surface area contributed by atoms with Crippen molar-refractivity contribution in [3.63, 3.8) is 0 Å². The number of hydrogen-bond acceptors (Lipinski definition) is 4. The van der Waals surface area contributed by atoms with Crippen molar-refractivity contribution in [3.8, 4) is 0 Å². The first kappa shape index (κ1) is 9.19. The second-order valence-electron chi connectivity index (χ2n) is 0.305. The molecule has 6 heteroatoms. The molecule has 41 valence electrons. The molecule has 0 saturated heterocycles. The van der Waals surface area contributed by atoms with Crippen LogP contribution in [0.4, 0.5) is 0 Å². The van der Waals surface area contributed by atoms with E-state index in [9.17, 15) is 0 Å². The van der Waals surface area contributed by atoms with Crippen molar-refractivity contribution in [1.29, 1.82) is 0 Å². The first-order valence-electron chi connectivity index (χ1n) is 0.730. The fraction of sp³-hybridized carbons (Fsp3) is 0. The van der Waals surface area contributed by atoms with Gasteiger partial charge in [0, 0.05) is 17.1 Å². The molecule has 0 rings (SSSR count). The van der Waals surface area contributed by atoms with E-state index in [1.165, 1.54) is 0 Å². The molecule has 0 unspecified atom stereocenters. The molecule has 0 bridgehead atoms. The fourth-order valence-electron chi connectivity index (χ4n) is 0. The van der Waals surface area contributed by atoms with Gasteiger partial charge in [0.05, 0.1) is 0 Å². The Labute approximate surface area is 43.4 Å². The molecule has 6 heavy (non-hydrogen) atoms. The zero-order valence-electron chi connectivity index (χ0n) is 2.42. The van der Waals surface area contributed by atoms with E-state index in [2.05, 4.69) is 4.99 Å². The molecule has 0 atom stereocenters. The molecule has 0 aromatic rings. The van der Waals surface area contributed by atoms with E-state index in [4.69, 9.17) is 15.4 Å². The quantitative estimate of drug-likeness (QED) is 0.235. The first-order chi connectivity index (χ1) is 2.27. The Morgan fingerprint density at radius 3 is 2.00 bits per heavy atom. The van der Waals surface area contributed by atoms with Crippen molar-refractivity contribution in [3.05, 3.63) is 10.1 Å². The maximum atomic E-state index is 8.70. The van der Waals surface area contributed by atoms with Gasteiger partial charge in [-0.1, -0.05) is 0 Å². The average molecular weight is 143 g/mol. The second kappa shape index (κ2) is 4.68. The largest absolute Gasteiger partial charge is 0.322 e. The van der Waals surface area contributed by atoms with Gasteiger partial charge in [-0.05, 0) is 0 Å². The van der Waals surface area contributed by atoms with E-state index in [-0.39, 0.29) is 17.1 Å². The molecule has 0 spiro atoms. The Hall–Kier alpha value is -0.321. The molecule has 0 heterocycles. The van der Waals surface area contributed by atoms with E-state index in [0.717, 1.165) is 0 Å². The third kappa shape index (κ3) is 9.37. The van der Waals surface area contributed by atoms with E-state index in [1.54, 1.807) is 0 Å². The van der Waals surface area contributed by atoms with Gasteiger partial charge in [0.1, 0.15) is 0 Å².